The van der Waals surface area contributed by atoms with Crippen LogP contribution in [-0.2, 0) is 11.3 Å². The summed E-state index contributed by atoms with van der Waals surface area (Å²) in [5.41, 5.74) is -0.173. The van der Waals surface area contributed by atoms with Gasteiger partial charge in [-0.05, 0) is 11.3 Å². The van der Waals surface area contributed by atoms with Gasteiger partial charge in [0.25, 0.3) is 5.69 Å². The first-order chi connectivity index (χ1) is 10.9. The molecule has 23 heavy (non-hydrogen) atoms. The second kappa shape index (κ2) is 7.41. The first kappa shape index (κ1) is 17.2. The third-order valence-electron chi connectivity index (χ3n) is 2.47. The van der Waals surface area contributed by atoms with Gasteiger partial charge in [-0.3, -0.25) is 25.0 Å². The molecule has 10 nitrogen and oxygen atoms in total. The Labute approximate surface area is 141 Å². The van der Waals surface area contributed by atoms with Crippen LogP contribution in [0.3, 0.4) is 0 Å². The van der Waals surface area contributed by atoms with Crippen LogP contribution in [0.15, 0.2) is 11.6 Å². The van der Waals surface area contributed by atoms with Crippen molar-refractivity contribution in [2.75, 3.05) is 11.9 Å². The van der Waals surface area contributed by atoms with Gasteiger partial charge in [0.2, 0.25) is 5.91 Å². The van der Waals surface area contributed by atoms with Gasteiger partial charge in [-0.25, -0.2) is 4.98 Å². The fraction of sp³-hybridized carbons (Fsp3) is 0.200. The lowest BCUT2D eigenvalue weighted by Crippen LogP contribution is -2.27. The quantitative estimate of drug-likeness (QED) is 0.557. The number of halogens is 1. The van der Waals surface area contributed by atoms with Gasteiger partial charge >= 0.3 is 5.00 Å². The monoisotopic (exact) mass is 377 g/mol. The number of nitrogens with one attached hydrogen (secondary N) is 2. The van der Waals surface area contributed by atoms with Crippen molar-refractivity contribution in [3.63, 3.8) is 0 Å². The lowest BCUT2D eigenvalue weighted by atomic mass is 10.4. The SMILES string of the molecule is O=C(CNCc1scc([N+](=O)[O-])c1Cl)Nc1ncc([N+](=O)[O-])s1. The molecule has 122 valence electrons. The number of rotatable bonds is 7. The number of anilines is 1. The number of hydrogen-bond acceptors (Lipinski definition) is 9. The zero-order valence-corrected chi connectivity index (χ0v) is 13.5. The fourth-order valence-electron chi connectivity index (χ4n) is 1.48. The summed E-state index contributed by atoms with van der Waals surface area (Å²) in [7, 11) is 0. The Hall–Kier alpha value is -2.15. The maximum Gasteiger partial charge on any atom is 0.345 e. The summed E-state index contributed by atoms with van der Waals surface area (Å²) in [4.78, 5) is 35.9. The van der Waals surface area contributed by atoms with Crippen LogP contribution in [0.25, 0.3) is 0 Å². The van der Waals surface area contributed by atoms with Crippen molar-refractivity contribution in [1.29, 1.82) is 0 Å². The number of thiazole rings is 1. The molecule has 0 radical (unpaired) electrons. The van der Waals surface area contributed by atoms with Crippen LogP contribution in [-0.4, -0.2) is 27.3 Å². The van der Waals surface area contributed by atoms with Crippen LogP contribution in [0.1, 0.15) is 4.88 Å². The van der Waals surface area contributed by atoms with E-state index in [0.717, 1.165) is 28.9 Å². The van der Waals surface area contributed by atoms with E-state index in [1.807, 2.05) is 0 Å². The number of carbonyl (C=O) groups excluding carboxylic acids is 1. The number of nitrogens with zero attached hydrogens (tertiary/aromatic N) is 3. The Balaban J connectivity index is 1.82. The predicted molar refractivity (Wildman–Crippen MR) is 85.1 cm³/mol. The summed E-state index contributed by atoms with van der Waals surface area (Å²) in [5.74, 6) is -0.448. The highest BCUT2D eigenvalue weighted by molar-refractivity contribution is 7.18. The first-order valence-corrected chi connectivity index (χ1v) is 7.97. The molecule has 0 fully saturated rings. The number of carbonyl (C=O) groups is 1. The summed E-state index contributed by atoms with van der Waals surface area (Å²) < 4.78 is 0. The molecule has 0 saturated heterocycles. The molecular formula is C10H8ClN5O5S2. The van der Waals surface area contributed by atoms with Crippen molar-refractivity contribution in [1.82, 2.24) is 10.3 Å². The Kier molecular flexibility index (Phi) is 5.54. The van der Waals surface area contributed by atoms with Gasteiger partial charge in [-0.1, -0.05) is 11.6 Å². The summed E-state index contributed by atoms with van der Waals surface area (Å²) in [6, 6.07) is 0. The highest BCUT2D eigenvalue weighted by Crippen LogP contribution is 2.33. The molecule has 2 rings (SSSR count). The number of hydrogen-bond donors (Lipinski definition) is 2. The van der Waals surface area contributed by atoms with E-state index in [1.165, 1.54) is 5.38 Å². The zero-order valence-electron chi connectivity index (χ0n) is 11.1. The standard InChI is InChI=1S/C10H8ClN5O5S2/c11-9-5(15(18)19)4-22-6(9)1-12-2-7(17)14-10-13-3-8(23-10)16(20)21/h3-4,12H,1-2H2,(H,13,14,17). The minimum absolute atomic E-state index is 0.0449. The maximum absolute atomic E-state index is 11.7. The van der Waals surface area contributed by atoms with Gasteiger partial charge in [0, 0.05) is 11.4 Å². The van der Waals surface area contributed by atoms with Crippen LogP contribution in [0.5, 0.6) is 0 Å². The molecule has 0 aliphatic carbocycles. The van der Waals surface area contributed by atoms with Crippen molar-refractivity contribution in [2.45, 2.75) is 6.54 Å². The number of nitro groups is 2. The van der Waals surface area contributed by atoms with Gasteiger partial charge in [0.05, 0.1) is 21.8 Å². The molecule has 13 heteroatoms. The summed E-state index contributed by atoms with van der Waals surface area (Å²) in [6.45, 7) is 0.0815. The van der Waals surface area contributed by atoms with Crippen LogP contribution in [0.4, 0.5) is 15.8 Å². The van der Waals surface area contributed by atoms with Crippen molar-refractivity contribution in [3.05, 3.63) is 41.7 Å². The second-order valence-corrected chi connectivity index (χ2v) is 6.38. The van der Waals surface area contributed by atoms with Crippen LogP contribution in [0.2, 0.25) is 5.02 Å². The van der Waals surface area contributed by atoms with Gasteiger partial charge in [0.15, 0.2) is 5.13 Å². The van der Waals surface area contributed by atoms with E-state index in [9.17, 15) is 25.0 Å². The van der Waals surface area contributed by atoms with E-state index in [2.05, 4.69) is 15.6 Å². The lowest BCUT2D eigenvalue weighted by molar-refractivity contribution is -0.384. The second-order valence-electron chi connectivity index (χ2n) is 4.03. The van der Waals surface area contributed by atoms with E-state index in [-0.39, 0.29) is 33.9 Å². The Bertz CT molecular complexity index is 761. The molecule has 2 N–H and O–H groups in total. The smallest absolute Gasteiger partial charge is 0.303 e. The molecular weight excluding hydrogens is 370 g/mol. The van der Waals surface area contributed by atoms with Crippen molar-refractivity contribution in [3.8, 4) is 0 Å². The predicted octanol–water partition coefficient (Wildman–Crippen LogP) is 2.40. The molecule has 0 aliphatic heterocycles. The summed E-state index contributed by atoms with van der Waals surface area (Å²) in [6.07, 6.45) is 1.05. The molecule has 0 aromatic carbocycles. The van der Waals surface area contributed by atoms with Crippen LogP contribution >= 0.6 is 34.3 Å². The van der Waals surface area contributed by atoms with Crippen molar-refractivity contribution in [2.24, 2.45) is 0 Å². The van der Waals surface area contributed by atoms with Crippen molar-refractivity contribution >= 4 is 56.0 Å². The molecule has 1 amide bonds. The minimum Gasteiger partial charge on any atom is -0.303 e. The molecule has 2 heterocycles. The molecule has 0 saturated carbocycles. The first-order valence-electron chi connectivity index (χ1n) is 5.89. The summed E-state index contributed by atoms with van der Waals surface area (Å²) in [5, 5.41) is 27.7. The molecule has 0 unspecified atom stereocenters. The van der Waals surface area contributed by atoms with E-state index in [0.29, 0.717) is 4.88 Å². The van der Waals surface area contributed by atoms with Gasteiger partial charge in [0.1, 0.15) is 11.2 Å². The Morgan fingerprint density at radius 1 is 1.35 bits per heavy atom. The molecule has 0 bridgehead atoms. The zero-order chi connectivity index (χ0) is 17.0. The van der Waals surface area contributed by atoms with E-state index < -0.39 is 15.8 Å². The average molecular weight is 378 g/mol. The van der Waals surface area contributed by atoms with E-state index in [1.54, 1.807) is 0 Å². The largest absolute Gasteiger partial charge is 0.345 e. The topological polar surface area (TPSA) is 140 Å². The third kappa shape index (κ3) is 4.41. The van der Waals surface area contributed by atoms with Gasteiger partial charge in [-0.15, -0.1) is 11.3 Å². The van der Waals surface area contributed by atoms with Crippen LogP contribution < -0.4 is 10.6 Å². The highest BCUT2D eigenvalue weighted by atomic mass is 35.5. The highest BCUT2D eigenvalue weighted by Gasteiger charge is 2.19. The third-order valence-corrected chi connectivity index (χ3v) is 4.84. The van der Waals surface area contributed by atoms with Crippen molar-refractivity contribution < 1.29 is 14.6 Å². The van der Waals surface area contributed by atoms with Crippen LogP contribution in [0, 0.1) is 20.2 Å². The number of amides is 1. The number of aromatic nitrogens is 1. The normalized spacial score (nSPS) is 10.5. The van der Waals surface area contributed by atoms with E-state index >= 15 is 0 Å². The fourth-order valence-corrected chi connectivity index (χ4v) is 3.36. The molecule has 0 spiro atoms. The Morgan fingerprint density at radius 3 is 2.65 bits per heavy atom. The van der Waals surface area contributed by atoms with Gasteiger partial charge < -0.3 is 10.6 Å². The van der Waals surface area contributed by atoms with E-state index in [4.69, 9.17) is 11.6 Å². The molecule has 2 aromatic rings. The average Bonchev–Trinajstić information content (AvgIpc) is 3.06. The van der Waals surface area contributed by atoms with Gasteiger partial charge in [-0.2, -0.15) is 0 Å². The molecule has 0 atom stereocenters. The lowest BCUT2D eigenvalue weighted by Gasteiger charge is -2.03. The summed E-state index contributed by atoms with van der Waals surface area (Å²) >= 11 is 7.71. The minimum atomic E-state index is -0.600. The molecule has 0 aliphatic rings. The Morgan fingerprint density at radius 2 is 2.09 bits per heavy atom. The number of thiophene rings is 1. The maximum atomic E-state index is 11.7. The molecule has 2 aromatic heterocycles.